The van der Waals surface area contributed by atoms with Gasteiger partial charge in [0.25, 0.3) is 6.43 Å². The number of hydrogen-bond acceptors (Lipinski definition) is 5. The Morgan fingerprint density at radius 1 is 1.67 bits per heavy atom. The first-order valence-corrected chi connectivity index (χ1v) is 3.79. The molecular weight excluding hydrogens is 212 g/mol. The number of nitro groups is 1. The zero-order valence-electron chi connectivity index (χ0n) is 7.35. The van der Waals surface area contributed by atoms with Crippen LogP contribution in [0.4, 0.5) is 20.2 Å². The normalized spacial score (nSPS) is 10.7. The number of nitrogen functional groups attached to an aromatic ring is 1. The van der Waals surface area contributed by atoms with Crippen LogP contribution in [0.15, 0.2) is 6.20 Å². The predicted molar refractivity (Wildman–Crippen MR) is 46.2 cm³/mol. The van der Waals surface area contributed by atoms with Crippen LogP contribution in [-0.4, -0.2) is 15.0 Å². The Morgan fingerprint density at radius 3 is 2.67 bits per heavy atom. The molecule has 1 aromatic rings. The van der Waals surface area contributed by atoms with Crippen molar-refractivity contribution >= 4 is 11.4 Å². The van der Waals surface area contributed by atoms with Gasteiger partial charge in [-0.25, -0.2) is 8.78 Å². The average Bonchev–Trinajstić information content (AvgIpc) is 2.15. The summed E-state index contributed by atoms with van der Waals surface area (Å²) >= 11 is 0. The van der Waals surface area contributed by atoms with Crippen LogP contribution >= 0.6 is 0 Å². The van der Waals surface area contributed by atoms with Crippen molar-refractivity contribution in [3.63, 3.8) is 0 Å². The SMILES string of the molecule is Nc1c(C(F)F)cnc(CO)c1[N+](=O)[O-]. The summed E-state index contributed by atoms with van der Waals surface area (Å²) in [7, 11) is 0. The molecule has 0 saturated heterocycles. The predicted octanol–water partition coefficient (Wildman–Crippen LogP) is 1.00. The summed E-state index contributed by atoms with van der Waals surface area (Å²) in [4.78, 5) is 12.9. The molecular formula is C7H7F2N3O3. The Hall–Kier alpha value is -1.83. The van der Waals surface area contributed by atoms with E-state index in [-0.39, 0.29) is 5.69 Å². The van der Waals surface area contributed by atoms with Gasteiger partial charge in [0.05, 0.1) is 17.1 Å². The van der Waals surface area contributed by atoms with Gasteiger partial charge in [0, 0.05) is 6.20 Å². The fraction of sp³-hybridized carbons (Fsp3) is 0.286. The first-order valence-electron chi connectivity index (χ1n) is 3.79. The molecule has 0 aromatic carbocycles. The Bertz CT molecular complexity index is 397. The van der Waals surface area contributed by atoms with E-state index < -0.39 is 34.9 Å². The molecule has 0 saturated carbocycles. The lowest BCUT2D eigenvalue weighted by Crippen LogP contribution is -2.06. The highest BCUT2D eigenvalue weighted by atomic mass is 19.3. The monoisotopic (exact) mass is 219 g/mol. The molecule has 3 N–H and O–H groups in total. The molecule has 0 fully saturated rings. The molecule has 0 aliphatic heterocycles. The summed E-state index contributed by atoms with van der Waals surface area (Å²) < 4.78 is 24.6. The van der Waals surface area contributed by atoms with Crippen LogP contribution in [0.25, 0.3) is 0 Å². The van der Waals surface area contributed by atoms with Crippen LogP contribution in [0.2, 0.25) is 0 Å². The van der Waals surface area contributed by atoms with Crippen LogP contribution in [-0.2, 0) is 6.61 Å². The van der Waals surface area contributed by atoms with Crippen molar-refractivity contribution in [3.8, 4) is 0 Å². The Morgan fingerprint density at radius 2 is 2.27 bits per heavy atom. The number of aliphatic hydroxyl groups is 1. The topological polar surface area (TPSA) is 102 Å². The molecule has 0 bridgehead atoms. The molecule has 0 radical (unpaired) electrons. The van der Waals surface area contributed by atoms with E-state index >= 15 is 0 Å². The van der Waals surface area contributed by atoms with Crippen molar-refractivity contribution in [1.29, 1.82) is 0 Å². The molecule has 15 heavy (non-hydrogen) atoms. The minimum Gasteiger partial charge on any atom is -0.393 e. The molecule has 0 spiro atoms. The number of anilines is 1. The van der Waals surface area contributed by atoms with Crippen molar-refractivity contribution in [2.24, 2.45) is 0 Å². The summed E-state index contributed by atoms with van der Waals surface area (Å²) in [6.07, 6.45) is -2.22. The van der Waals surface area contributed by atoms with Gasteiger partial charge in [-0.1, -0.05) is 0 Å². The number of nitrogens with two attached hydrogens (primary N) is 1. The summed E-state index contributed by atoms with van der Waals surface area (Å²) in [5, 5.41) is 19.2. The largest absolute Gasteiger partial charge is 0.393 e. The van der Waals surface area contributed by atoms with Crippen molar-refractivity contribution in [1.82, 2.24) is 4.98 Å². The second kappa shape index (κ2) is 4.13. The lowest BCUT2D eigenvalue weighted by atomic mass is 10.2. The molecule has 0 atom stereocenters. The molecule has 0 aliphatic carbocycles. The van der Waals surface area contributed by atoms with E-state index in [4.69, 9.17) is 10.8 Å². The van der Waals surface area contributed by atoms with E-state index in [0.717, 1.165) is 6.20 Å². The molecule has 0 unspecified atom stereocenters. The van der Waals surface area contributed by atoms with E-state index in [1.807, 2.05) is 0 Å². The minimum atomic E-state index is -2.94. The van der Waals surface area contributed by atoms with Gasteiger partial charge in [-0.05, 0) is 0 Å². The molecule has 1 heterocycles. The highest BCUT2D eigenvalue weighted by Crippen LogP contribution is 2.33. The highest BCUT2D eigenvalue weighted by molar-refractivity contribution is 5.64. The van der Waals surface area contributed by atoms with Gasteiger partial charge in [-0.2, -0.15) is 0 Å². The van der Waals surface area contributed by atoms with E-state index in [1.165, 1.54) is 0 Å². The molecule has 1 aromatic heterocycles. The first-order chi connectivity index (χ1) is 6.99. The van der Waals surface area contributed by atoms with Gasteiger partial charge in [-0.15, -0.1) is 0 Å². The lowest BCUT2D eigenvalue weighted by molar-refractivity contribution is -0.385. The van der Waals surface area contributed by atoms with Gasteiger partial charge in [-0.3, -0.25) is 15.1 Å². The number of rotatable bonds is 3. The van der Waals surface area contributed by atoms with E-state index in [9.17, 15) is 18.9 Å². The molecule has 6 nitrogen and oxygen atoms in total. The molecule has 1 rings (SSSR count). The Balaban J connectivity index is 3.42. The molecule has 82 valence electrons. The fourth-order valence-corrected chi connectivity index (χ4v) is 1.06. The van der Waals surface area contributed by atoms with Crippen LogP contribution in [0.1, 0.15) is 17.7 Å². The van der Waals surface area contributed by atoms with E-state index in [1.54, 1.807) is 0 Å². The van der Waals surface area contributed by atoms with Gasteiger partial charge in [0.2, 0.25) is 0 Å². The van der Waals surface area contributed by atoms with Crippen LogP contribution in [0.5, 0.6) is 0 Å². The van der Waals surface area contributed by atoms with Crippen LogP contribution in [0, 0.1) is 10.1 Å². The number of pyridine rings is 1. The standard InChI is InChI=1S/C7H7F2N3O3/c8-7(9)3-1-11-4(2-13)6(5(3)10)12(14)15/h1,7,13H,2H2,(H2,10,11). The zero-order chi connectivity index (χ0) is 11.6. The highest BCUT2D eigenvalue weighted by Gasteiger charge is 2.25. The number of hydrogen-bond donors (Lipinski definition) is 2. The minimum absolute atomic E-state index is 0.332. The summed E-state index contributed by atoms with van der Waals surface area (Å²) in [5.41, 5.74) is 2.72. The first kappa shape index (κ1) is 11.2. The van der Waals surface area contributed by atoms with E-state index in [0.29, 0.717) is 0 Å². The molecule has 0 aliphatic rings. The summed E-state index contributed by atoms with van der Waals surface area (Å²) in [6, 6.07) is 0. The number of aromatic nitrogens is 1. The smallest absolute Gasteiger partial charge is 0.316 e. The third kappa shape index (κ3) is 1.99. The number of halogens is 2. The van der Waals surface area contributed by atoms with E-state index in [2.05, 4.69) is 4.98 Å². The van der Waals surface area contributed by atoms with Gasteiger partial charge in [0.1, 0.15) is 11.4 Å². The van der Waals surface area contributed by atoms with Gasteiger partial charge in [0.15, 0.2) is 0 Å². The Labute approximate surface area is 82.5 Å². The second-order valence-corrected chi connectivity index (χ2v) is 2.64. The molecule has 0 amide bonds. The maximum absolute atomic E-state index is 12.3. The zero-order valence-corrected chi connectivity index (χ0v) is 7.35. The summed E-state index contributed by atoms with van der Waals surface area (Å²) in [5.74, 6) is 0. The quantitative estimate of drug-likeness (QED) is 0.583. The van der Waals surface area contributed by atoms with Gasteiger partial charge >= 0.3 is 5.69 Å². The number of alkyl halides is 2. The Kier molecular flexibility index (Phi) is 3.10. The summed E-state index contributed by atoms with van der Waals surface area (Å²) in [6.45, 7) is -0.732. The number of aliphatic hydroxyl groups excluding tert-OH is 1. The fourth-order valence-electron chi connectivity index (χ4n) is 1.06. The maximum atomic E-state index is 12.3. The van der Waals surface area contributed by atoms with Crippen LogP contribution < -0.4 is 5.73 Å². The van der Waals surface area contributed by atoms with Crippen molar-refractivity contribution in [3.05, 3.63) is 27.6 Å². The second-order valence-electron chi connectivity index (χ2n) is 2.64. The third-order valence-electron chi connectivity index (χ3n) is 1.77. The average molecular weight is 219 g/mol. The van der Waals surface area contributed by atoms with Gasteiger partial charge < -0.3 is 10.8 Å². The van der Waals surface area contributed by atoms with Crippen LogP contribution in [0.3, 0.4) is 0 Å². The maximum Gasteiger partial charge on any atom is 0.316 e. The lowest BCUT2D eigenvalue weighted by Gasteiger charge is -2.06. The third-order valence-corrected chi connectivity index (χ3v) is 1.77. The van der Waals surface area contributed by atoms with Crippen molar-refractivity contribution < 1.29 is 18.8 Å². The molecule has 8 heteroatoms. The van der Waals surface area contributed by atoms with Crippen molar-refractivity contribution in [2.75, 3.05) is 5.73 Å². The number of nitrogens with zero attached hydrogens (tertiary/aromatic N) is 2. The van der Waals surface area contributed by atoms with Crippen molar-refractivity contribution in [2.45, 2.75) is 13.0 Å².